The summed E-state index contributed by atoms with van der Waals surface area (Å²) in [5.41, 5.74) is 10.9. The summed E-state index contributed by atoms with van der Waals surface area (Å²) in [4.78, 5) is 12.2. The molecule has 6 nitrogen and oxygen atoms in total. The maximum atomic E-state index is 5.73. The van der Waals surface area contributed by atoms with E-state index in [1.54, 1.807) is 14.2 Å². The van der Waals surface area contributed by atoms with E-state index in [0.29, 0.717) is 11.8 Å². The van der Waals surface area contributed by atoms with Crippen LogP contribution in [0.15, 0.2) is 60.7 Å². The van der Waals surface area contributed by atoms with Gasteiger partial charge in [0.05, 0.1) is 25.6 Å². The Labute approximate surface area is 239 Å². The van der Waals surface area contributed by atoms with Crippen LogP contribution < -0.4 is 14.8 Å². The lowest BCUT2D eigenvalue weighted by molar-refractivity contribution is 0.287. The standard InChI is InChI=1S/C34H42N4O2/c1-8-35-21-25-17-19-31(36-33(25)39-6)29-15-11-13-27(23(29)4)28-14-12-16-30(24(28)5)32-20-18-26(34(37-32)40-7)22-38(9-2)10-3/h11-20,35H,8-10,21-22H2,1-7H3. The Hall–Kier alpha value is -3.74. The predicted octanol–water partition coefficient (Wildman–Crippen LogP) is 7.06. The topological polar surface area (TPSA) is 59.5 Å². The third kappa shape index (κ3) is 6.19. The van der Waals surface area contributed by atoms with Gasteiger partial charge in [0, 0.05) is 35.3 Å². The maximum Gasteiger partial charge on any atom is 0.218 e. The molecule has 0 bridgehead atoms. The molecule has 4 aromatic rings. The van der Waals surface area contributed by atoms with E-state index in [4.69, 9.17) is 19.4 Å². The van der Waals surface area contributed by atoms with E-state index < -0.39 is 0 Å². The summed E-state index contributed by atoms with van der Waals surface area (Å²) in [6.45, 7) is 15.2. The van der Waals surface area contributed by atoms with E-state index in [2.05, 4.69) is 105 Å². The van der Waals surface area contributed by atoms with Gasteiger partial charge in [-0.05, 0) is 67.9 Å². The zero-order valence-electron chi connectivity index (χ0n) is 25.0. The third-order valence-electron chi connectivity index (χ3n) is 7.63. The highest BCUT2D eigenvalue weighted by molar-refractivity contribution is 5.82. The van der Waals surface area contributed by atoms with Crippen molar-refractivity contribution in [2.75, 3.05) is 33.9 Å². The molecule has 6 heteroatoms. The first-order chi connectivity index (χ1) is 19.4. The molecule has 2 heterocycles. The quantitative estimate of drug-likeness (QED) is 0.208. The minimum absolute atomic E-state index is 0.658. The van der Waals surface area contributed by atoms with Gasteiger partial charge in [-0.3, -0.25) is 4.90 Å². The molecule has 0 fully saturated rings. The summed E-state index contributed by atoms with van der Waals surface area (Å²) in [6, 6.07) is 21.3. The van der Waals surface area contributed by atoms with Crippen molar-refractivity contribution in [3.8, 4) is 45.4 Å². The second kappa shape index (κ2) is 13.6. The number of hydrogen-bond acceptors (Lipinski definition) is 6. The monoisotopic (exact) mass is 538 g/mol. The van der Waals surface area contributed by atoms with E-state index in [9.17, 15) is 0 Å². The number of nitrogens with one attached hydrogen (secondary N) is 1. The van der Waals surface area contributed by atoms with E-state index >= 15 is 0 Å². The van der Waals surface area contributed by atoms with Gasteiger partial charge >= 0.3 is 0 Å². The summed E-state index contributed by atoms with van der Waals surface area (Å²) in [5.74, 6) is 1.34. The number of nitrogens with zero attached hydrogens (tertiary/aromatic N) is 3. The smallest absolute Gasteiger partial charge is 0.218 e. The van der Waals surface area contributed by atoms with Gasteiger partial charge in [0.2, 0.25) is 11.8 Å². The first-order valence-electron chi connectivity index (χ1n) is 14.2. The van der Waals surface area contributed by atoms with Gasteiger partial charge in [-0.1, -0.05) is 69.3 Å². The highest BCUT2D eigenvalue weighted by Crippen LogP contribution is 2.37. The van der Waals surface area contributed by atoms with Crippen molar-refractivity contribution in [3.63, 3.8) is 0 Å². The Morgan fingerprint density at radius 1 is 0.650 bits per heavy atom. The summed E-state index contributed by atoms with van der Waals surface area (Å²) in [6.07, 6.45) is 0. The summed E-state index contributed by atoms with van der Waals surface area (Å²) >= 11 is 0. The summed E-state index contributed by atoms with van der Waals surface area (Å²) < 4.78 is 11.4. The first-order valence-corrected chi connectivity index (χ1v) is 14.2. The molecule has 0 saturated heterocycles. The first kappa shape index (κ1) is 29.2. The lowest BCUT2D eigenvalue weighted by atomic mass is 9.89. The molecule has 0 aliphatic rings. The molecule has 0 atom stereocenters. The lowest BCUT2D eigenvalue weighted by Crippen LogP contribution is -2.22. The Bertz CT molecular complexity index is 1450. The fourth-order valence-electron chi connectivity index (χ4n) is 5.20. The molecule has 2 aromatic heterocycles. The number of ether oxygens (including phenoxy) is 2. The molecule has 1 N–H and O–H groups in total. The molecule has 0 aliphatic carbocycles. The summed E-state index contributed by atoms with van der Waals surface area (Å²) in [7, 11) is 3.38. The van der Waals surface area contributed by atoms with Crippen molar-refractivity contribution >= 4 is 0 Å². The van der Waals surface area contributed by atoms with Gasteiger partial charge in [-0.15, -0.1) is 0 Å². The van der Waals surface area contributed by atoms with Crippen molar-refractivity contribution in [2.24, 2.45) is 0 Å². The average molecular weight is 539 g/mol. The van der Waals surface area contributed by atoms with Gasteiger partial charge in [-0.25, -0.2) is 9.97 Å². The average Bonchev–Trinajstić information content (AvgIpc) is 2.99. The van der Waals surface area contributed by atoms with Crippen LogP contribution in [-0.4, -0.2) is 48.7 Å². The van der Waals surface area contributed by atoms with E-state index in [1.165, 1.54) is 22.3 Å². The van der Waals surface area contributed by atoms with Crippen LogP contribution in [0.5, 0.6) is 11.8 Å². The highest BCUT2D eigenvalue weighted by atomic mass is 16.5. The van der Waals surface area contributed by atoms with Gasteiger partial charge in [0.25, 0.3) is 0 Å². The van der Waals surface area contributed by atoms with Crippen molar-refractivity contribution < 1.29 is 9.47 Å². The minimum atomic E-state index is 0.658. The second-order valence-corrected chi connectivity index (χ2v) is 9.93. The van der Waals surface area contributed by atoms with Crippen LogP contribution >= 0.6 is 0 Å². The number of methoxy groups -OCH3 is 2. The number of benzene rings is 2. The zero-order valence-corrected chi connectivity index (χ0v) is 25.0. The maximum absolute atomic E-state index is 5.73. The fraction of sp³-hybridized carbons (Fsp3) is 0.353. The van der Waals surface area contributed by atoms with Crippen molar-refractivity contribution in [3.05, 3.63) is 82.9 Å². The molecule has 4 rings (SSSR count). The largest absolute Gasteiger partial charge is 0.481 e. The van der Waals surface area contributed by atoms with Gasteiger partial charge < -0.3 is 14.8 Å². The zero-order chi connectivity index (χ0) is 28.6. The van der Waals surface area contributed by atoms with Crippen LogP contribution in [0.3, 0.4) is 0 Å². The predicted molar refractivity (Wildman–Crippen MR) is 165 cm³/mol. The molecule has 0 spiro atoms. The van der Waals surface area contributed by atoms with Crippen molar-refractivity contribution in [2.45, 2.75) is 47.7 Å². The van der Waals surface area contributed by atoms with Gasteiger partial charge in [0.1, 0.15) is 0 Å². The van der Waals surface area contributed by atoms with Crippen LogP contribution in [0.25, 0.3) is 33.6 Å². The molecule has 0 unspecified atom stereocenters. The Balaban J connectivity index is 1.73. The molecule has 0 amide bonds. The Morgan fingerprint density at radius 3 is 1.60 bits per heavy atom. The third-order valence-corrected chi connectivity index (χ3v) is 7.63. The Kier molecular flexibility index (Phi) is 9.91. The number of hydrogen-bond donors (Lipinski definition) is 1. The number of pyridine rings is 2. The summed E-state index contributed by atoms with van der Waals surface area (Å²) in [5, 5.41) is 3.35. The lowest BCUT2D eigenvalue weighted by Gasteiger charge is -2.20. The number of aromatic nitrogens is 2. The van der Waals surface area contributed by atoms with E-state index in [0.717, 1.165) is 66.4 Å². The molecule has 0 saturated carbocycles. The van der Waals surface area contributed by atoms with Crippen molar-refractivity contribution in [1.82, 2.24) is 20.2 Å². The van der Waals surface area contributed by atoms with Crippen molar-refractivity contribution in [1.29, 1.82) is 0 Å². The van der Waals surface area contributed by atoms with Crippen LogP contribution in [-0.2, 0) is 13.1 Å². The van der Waals surface area contributed by atoms with Crippen LogP contribution in [0, 0.1) is 13.8 Å². The van der Waals surface area contributed by atoms with Crippen LogP contribution in [0.4, 0.5) is 0 Å². The minimum Gasteiger partial charge on any atom is -0.481 e. The molecule has 210 valence electrons. The fourth-order valence-corrected chi connectivity index (χ4v) is 5.20. The normalized spacial score (nSPS) is 11.2. The second-order valence-electron chi connectivity index (χ2n) is 9.93. The molecule has 0 aliphatic heterocycles. The molecule has 40 heavy (non-hydrogen) atoms. The van der Waals surface area contributed by atoms with Gasteiger partial charge in [0.15, 0.2) is 0 Å². The SMILES string of the molecule is CCNCc1ccc(-c2cccc(-c3cccc(-c4ccc(CN(CC)CC)c(OC)n4)c3C)c2C)nc1OC. The molecular formula is C34H42N4O2. The van der Waals surface area contributed by atoms with Crippen LogP contribution in [0.1, 0.15) is 43.0 Å². The van der Waals surface area contributed by atoms with Crippen LogP contribution in [0.2, 0.25) is 0 Å². The molecule has 2 aromatic carbocycles. The van der Waals surface area contributed by atoms with Gasteiger partial charge in [-0.2, -0.15) is 0 Å². The molecular weight excluding hydrogens is 496 g/mol. The van der Waals surface area contributed by atoms with E-state index in [1.807, 2.05) is 0 Å². The highest BCUT2D eigenvalue weighted by Gasteiger charge is 2.17. The molecule has 0 radical (unpaired) electrons. The van der Waals surface area contributed by atoms with E-state index in [-0.39, 0.29) is 0 Å². The Morgan fingerprint density at radius 2 is 1.12 bits per heavy atom. The number of rotatable bonds is 12.